The maximum absolute atomic E-state index is 13.0. The van der Waals surface area contributed by atoms with Crippen molar-refractivity contribution < 1.29 is 9.18 Å². The monoisotopic (exact) mass is 282 g/mol. The van der Waals surface area contributed by atoms with Gasteiger partial charge in [-0.3, -0.25) is 4.79 Å². The van der Waals surface area contributed by atoms with Gasteiger partial charge in [0.2, 0.25) is 5.91 Å². The Kier molecular flexibility index (Phi) is 5.07. The summed E-state index contributed by atoms with van der Waals surface area (Å²) in [4.78, 5) is 11.7. The van der Waals surface area contributed by atoms with Gasteiger partial charge in [0, 0.05) is 23.1 Å². The summed E-state index contributed by atoms with van der Waals surface area (Å²) in [5, 5.41) is 3.47. The van der Waals surface area contributed by atoms with Crippen LogP contribution in [0.3, 0.4) is 0 Å². The van der Waals surface area contributed by atoms with E-state index in [2.05, 4.69) is 5.32 Å². The zero-order chi connectivity index (χ0) is 13.7. The Morgan fingerprint density at radius 3 is 2.84 bits per heavy atom. The summed E-state index contributed by atoms with van der Waals surface area (Å²) in [5.74, 6) is 0.332. The average Bonchev–Trinajstić information content (AvgIpc) is 2.87. The third-order valence-electron chi connectivity index (χ3n) is 3.26. The molecule has 0 atom stereocenters. The van der Waals surface area contributed by atoms with Crippen LogP contribution in [0.5, 0.6) is 0 Å². The van der Waals surface area contributed by atoms with Gasteiger partial charge in [-0.15, -0.1) is 0 Å². The molecule has 1 amide bonds. The number of anilines is 2. The van der Waals surface area contributed by atoms with Crippen molar-refractivity contribution in [3.05, 3.63) is 24.0 Å². The number of nitrogen functional groups attached to an aromatic ring is 1. The first-order chi connectivity index (χ1) is 9.15. The number of thioether (sulfide) groups is 1. The molecule has 3 nitrogen and oxygen atoms in total. The second kappa shape index (κ2) is 6.80. The molecule has 0 spiro atoms. The van der Waals surface area contributed by atoms with E-state index in [4.69, 9.17) is 5.73 Å². The minimum absolute atomic E-state index is 0.0449. The number of carbonyl (C=O) groups excluding carboxylic acids is 1. The molecular weight excluding hydrogens is 263 g/mol. The molecule has 0 aliphatic heterocycles. The first-order valence-corrected chi connectivity index (χ1v) is 7.66. The lowest BCUT2D eigenvalue weighted by Crippen LogP contribution is -2.13. The first kappa shape index (κ1) is 14.2. The van der Waals surface area contributed by atoms with E-state index in [1.807, 2.05) is 11.8 Å². The Balaban J connectivity index is 1.72. The second-order valence-corrected chi connectivity index (χ2v) is 6.22. The maximum Gasteiger partial charge on any atom is 0.225 e. The van der Waals surface area contributed by atoms with E-state index in [-0.39, 0.29) is 11.6 Å². The Bertz CT molecular complexity index is 447. The lowest BCUT2D eigenvalue weighted by Gasteiger charge is -2.09. The van der Waals surface area contributed by atoms with Crippen LogP contribution in [0.1, 0.15) is 32.1 Å². The van der Waals surface area contributed by atoms with Crippen molar-refractivity contribution in [1.29, 1.82) is 0 Å². The van der Waals surface area contributed by atoms with Crippen LogP contribution in [-0.2, 0) is 4.79 Å². The van der Waals surface area contributed by atoms with Gasteiger partial charge >= 0.3 is 0 Å². The van der Waals surface area contributed by atoms with Crippen molar-refractivity contribution in [1.82, 2.24) is 0 Å². The van der Waals surface area contributed by atoms with Crippen molar-refractivity contribution in [3.8, 4) is 0 Å². The molecule has 1 aliphatic rings. The molecule has 19 heavy (non-hydrogen) atoms. The predicted octanol–water partition coefficient (Wildman–Crippen LogP) is 3.41. The number of hydrogen-bond donors (Lipinski definition) is 2. The first-order valence-electron chi connectivity index (χ1n) is 6.61. The van der Waals surface area contributed by atoms with Gasteiger partial charge in [0.1, 0.15) is 5.82 Å². The molecule has 0 heterocycles. The van der Waals surface area contributed by atoms with Gasteiger partial charge in [0.05, 0.1) is 5.69 Å². The molecule has 0 aromatic heterocycles. The highest BCUT2D eigenvalue weighted by Crippen LogP contribution is 2.29. The molecular formula is C14H19FN2OS. The van der Waals surface area contributed by atoms with Gasteiger partial charge in [-0.2, -0.15) is 11.8 Å². The lowest BCUT2D eigenvalue weighted by molar-refractivity contribution is -0.115. The molecule has 1 aromatic rings. The highest BCUT2D eigenvalue weighted by Gasteiger charge is 2.15. The SMILES string of the molecule is Nc1cc(NC(=O)CCSC2CCCC2)ccc1F. The topological polar surface area (TPSA) is 55.1 Å². The molecule has 3 N–H and O–H groups in total. The molecule has 0 saturated heterocycles. The van der Waals surface area contributed by atoms with Crippen molar-refractivity contribution in [3.63, 3.8) is 0 Å². The van der Waals surface area contributed by atoms with Crippen molar-refractivity contribution >= 4 is 29.0 Å². The van der Waals surface area contributed by atoms with Gasteiger partial charge in [0.15, 0.2) is 0 Å². The zero-order valence-corrected chi connectivity index (χ0v) is 11.6. The quantitative estimate of drug-likeness (QED) is 0.814. The van der Waals surface area contributed by atoms with E-state index in [9.17, 15) is 9.18 Å². The van der Waals surface area contributed by atoms with E-state index in [0.717, 1.165) is 11.0 Å². The molecule has 0 unspecified atom stereocenters. The largest absolute Gasteiger partial charge is 0.396 e. The minimum atomic E-state index is -0.463. The van der Waals surface area contributed by atoms with Crippen molar-refractivity contribution in [2.75, 3.05) is 16.8 Å². The number of rotatable bonds is 5. The summed E-state index contributed by atoms with van der Waals surface area (Å²) in [6, 6.07) is 4.23. The number of nitrogens with one attached hydrogen (secondary N) is 1. The molecule has 0 bridgehead atoms. The number of amides is 1. The summed E-state index contributed by atoms with van der Waals surface area (Å²) in [7, 11) is 0. The van der Waals surface area contributed by atoms with Crippen LogP contribution in [0.4, 0.5) is 15.8 Å². The number of nitrogens with two attached hydrogens (primary N) is 1. The van der Waals surface area contributed by atoms with Gasteiger partial charge in [-0.25, -0.2) is 4.39 Å². The average molecular weight is 282 g/mol. The van der Waals surface area contributed by atoms with E-state index in [0.29, 0.717) is 12.1 Å². The Morgan fingerprint density at radius 2 is 2.16 bits per heavy atom. The Labute approximate surface area is 117 Å². The normalized spacial score (nSPS) is 15.6. The molecule has 1 aromatic carbocycles. The van der Waals surface area contributed by atoms with Gasteiger partial charge in [0.25, 0.3) is 0 Å². The van der Waals surface area contributed by atoms with Crippen LogP contribution in [0, 0.1) is 5.82 Å². The maximum atomic E-state index is 13.0. The molecule has 104 valence electrons. The molecule has 1 fully saturated rings. The van der Waals surface area contributed by atoms with Crippen LogP contribution in [-0.4, -0.2) is 16.9 Å². The number of benzene rings is 1. The molecule has 1 saturated carbocycles. The fourth-order valence-electron chi connectivity index (χ4n) is 2.22. The van der Waals surface area contributed by atoms with Crippen LogP contribution >= 0.6 is 11.8 Å². The summed E-state index contributed by atoms with van der Waals surface area (Å²) in [6.07, 6.45) is 5.68. The molecule has 5 heteroatoms. The molecule has 1 aliphatic carbocycles. The van der Waals surface area contributed by atoms with Crippen molar-refractivity contribution in [2.24, 2.45) is 0 Å². The van der Waals surface area contributed by atoms with E-state index >= 15 is 0 Å². The van der Waals surface area contributed by atoms with Crippen LogP contribution in [0.25, 0.3) is 0 Å². The summed E-state index contributed by atoms with van der Waals surface area (Å²) in [5.41, 5.74) is 6.05. The highest BCUT2D eigenvalue weighted by molar-refractivity contribution is 7.99. The highest BCUT2D eigenvalue weighted by atomic mass is 32.2. The van der Waals surface area contributed by atoms with E-state index < -0.39 is 5.82 Å². The Morgan fingerprint density at radius 1 is 1.42 bits per heavy atom. The van der Waals surface area contributed by atoms with Crippen LogP contribution in [0.2, 0.25) is 0 Å². The number of hydrogen-bond acceptors (Lipinski definition) is 3. The molecule has 2 rings (SSSR count). The van der Waals surface area contributed by atoms with E-state index in [1.165, 1.54) is 43.9 Å². The second-order valence-electron chi connectivity index (χ2n) is 4.81. The lowest BCUT2D eigenvalue weighted by atomic mass is 10.2. The van der Waals surface area contributed by atoms with Gasteiger partial charge in [-0.1, -0.05) is 12.8 Å². The third-order valence-corrected chi connectivity index (χ3v) is 4.65. The van der Waals surface area contributed by atoms with Crippen molar-refractivity contribution in [2.45, 2.75) is 37.4 Å². The smallest absolute Gasteiger partial charge is 0.225 e. The predicted molar refractivity (Wildman–Crippen MR) is 78.8 cm³/mol. The van der Waals surface area contributed by atoms with Crippen LogP contribution in [0.15, 0.2) is 18.2 Å². The number of halogens is 1. The van der Waals surface area contributed by atoms with Gasteiger partial charge < -0.3 is 11.1 Å². The standard InChI is InChI=1S/C14H19FN2OS/c15-12-6-5-10(9-13(12)16)17-14(18)7-8-19-11-3-1-2-4-11/h5-6,9,11H,1-4,7-8,16H2,(H,17,18). The van der Waals surface area contributed by atoms with E-state index in [1.54, 1.807) is 0 Å². The zero-order valence-electron chi connectivity index (χ0n) is 10.8. The fraction of sp³-hybridized carbons (Fsp3) is 0.500. The van der Waals surface area contributed by atoms with Gasteiger partial charge in [-0.05, 0) is 31.0 Å². The number of carbonyl (C=O) groups is 1. The third kappa shape index (κ3) is 4.42. The summed E-state index contributed by atoms with van der Waals surface area (Å²) < 4.78 is 13.0. The fourth-order valence-corrected chi connectivity index (χ4v) is 3.52. The summed E-state index contributed by atoms with van der Waals surface area (Å²) >= 11 is 1.88. The minimum Gasteiger partial charge on any atom is -0.396 e. The molecule has 0 radical (unpaired) electrons. The van der Waals surface area contributed by atoms with Crippen LogP contribution < -0.4 is 11.1 Å². The Hall–Kier alpha value is -1.23. The summed E-state index contributed by atoms with van der Waals surface area (Å²) in [6.45, 7) is 0.